The van der Waals surface area contributed by atoms with Gasteiger partial charge in [-0.3, -0.25) is 14.2 Å². The number of carbonyl (C=O) groups excluding carboxylic acids is 3. The molecule has 3 aromatic rings. The van der Waals surface area contributed by atoms with Crippen molar-refractivity contribution in [2.24, 2.45) is 5.92 Å². The Bertz CT molecular complexity index is 1470. The van der Waals surface area contributed by atoms with Crippen molar-refractivity contribution < 1.29 is 37.4 Å². The molecule has 1 N–H and O–H groups in total. The fourth-order valence-electron chi connectivity index (χ4n) is 5.84. The number of amides is 2. The molecular formula is C34H43F2N3O6. The number of para-hydroxylation sites is 1. The summed E-state index contributed by atoms with van der Waals surface area (Å²) < 4.78 is 48.3. The van der Waals surface area contributed by atoms with E-state index in [1.165, 1.54) is 29.8 Å². The highest BCUT2D eigenvalue weighted by Gasteiger charge is 2.39. The van der Waals surface area contributed by atoms with Crippen LogP contribution in [0.15, 0.2) is 48.7 Å². The van der Waals surface area contributed by atoms with Gasteiger partial charge in [-0.25, -0.2) is 13.6 Å². The molecule has 0 saturated heterocycles. The minimum Gasteiger partial charge on any atom is -0.443 e. The number of rotatable bonds is 11. The first kappa shape index (κ1) is 34.1. The smallest absolute Gasteiger partial charge is 0.419 e. The summed E-state index contributed by atoms with van der Waals surface area (Å²) in [6.07, 6.45) is 4.44. The number of hydrogen-bond donors (Lipinski definition) is 1. The van der Waals surface area contributed by atoms with E-state index in [1.54, 1.807) is 33.0 Å². The molecule has 9 nitrogen and oxygen atoms in total. The number of halogens is 2. The Morgan fingerprint density at radius 2 is 1.62 bits per heavy atom. The lowest BCUT2D eigenvalue weighted by Crippen LogP contribution is -2.50. The molecule has 1 unspecified atom stereocenters. The number of methoxy groups -OCH3 is 2. The Morgan fingerprint density at radius 1 is 0.978 bits per heavy atom. The predicted molar refractivity (Wildman–Crippen MR) is 165 cm³/mol. The van der Waals surface area contributed by atoms with Gasteiger partial charge >= 0.3 is 6.09 Å². The Morgan fingerprint density at radius 3 is 2.24 bits per heavy atom. The zero-order chi connectivity index (χ0) is 32.7. The van der Waals surface area contributed by atoms with Crippen LogP contribution < -0.4 is 5.32 Å². The van der Waals surface area contributed by atoms with Crippen molar-refractivity contribution >= 4 is 28.8 Å². The fourth-order valence-corrected chi connectivity index (χ4v) is 5.84. The molecule has 4 rings (SSSR count). The van der Waals surface area contributed by atoms with Crippen LogP contribution in [-0.2, 0) is 30.2 Å². The number of ether oxygens (including phenoxy) is 3. The number of benzene rings is 2. The number of nitrogens with one attached hydrogen (secondary N) is 1. The summed E-state index contributed by atoms with van der Waals surface area (Å²) in [6, 6.07) is 9.06. The lowest BCUT2D eigenvalue weighted by atomic mass is 9.87. The van der Waals surface area contributed by atoms with Gasteiger partial charge in [-0.15, -0.1) is 0 Å². The minimum absolute atomic E-state index is 0.0666. The van der Waals surface area contributed by atoms with Crippen molar-refractivity contribution in [1.82, 2.24) is 14.8 Å². The number of aromatic nitrogens is 1. The Balaban J connectivity index is 1.64. The van der Waals surface area contributed by atoms with Gasteiger partial charge in [0.1, 0.15) is 23.3 Å². The summed E-state index contributed by atoms with van der Waals surface area (Å²) in [6.45, 7) is 5.21. The largest absolute Gasteiger partial charge is 0.443 e. The summed E-state index contributed by atoms with van der Waals surface area (Å²) >= 11 is 0. The summed E-state index contributed by atoms with van der Waals surface area (Å²) in [7, 11) is 2.79. The first-order valence-electron chi connectivity index (χ1n) is 15.3. The highest BCUT2D eigenvalue weighted by atomic mass is 19.1. The van der Waals surface area contributed by atoms with Crippen LogP contribution in [-0.4, -0.2) is 66.6 Å². The van der Waals surface area contributed by atoms with Crippen LogP contribution in [0, 0.1) is 17.6 Å². The third-order valence-electron chi connectivity index (χ3n) is 8.02. The molecule has 1 aromatic heterocycles. The van der Waals surface area contributed by atoms with E-state index >= 15 is 8.78 Å². The quantitative estimate of drug-likeness (QED) is 0.257. The number of nitrogens with zero attached hydrogens (tertiary/aromatic N) is 2. The Kier molecular flexibility index (Phi) is 11.3. The first-order valence-corrected chi connectivity index (χ1v) is 15.3. The van der Waals surface area contributed by atoms with E-state index < -0.39 is 53.0 Å². The van der Waals surface area contributed by atoms with Crippen LogP contribution in [0.4, 0.5) is 13.6 Å². The Labute approximate surface area is 262 Å². The number of fused-ring (bicyclic) bond motifs is 1. The molecule has 2 aromatic carbocycles. The Hall–Kier alpha value is -3.83. The average molecular weight is 628 g/mol. The zero-order valence-corrected chi connectivity index (χ0v) is 26.6. The van der Waals surface area contributed by atoms with E-state index in [2.05, 4.69) is 5.32 Å². The van der Waals surface area contributed by atoms with Crippen LogP contribution in [0.5, 0.6) is 0 Å². The van der Waals surface area contributed by atoms with E-state index in [9.17, 15) is 14.4 Å². The predicted octanol–water partition coefficient (Wildman–Crippen LogP) is 6.13. The molecule has 1 fully saturated rings. The third-order valence-corrected chi connectivity index (χ3v) is 8.02. The standard InChI is InChI=1S/C34H43F2N3O6/c1-34(2,3)45-33(42)38-20-23(24-14-9-10-17-27(24)38)18-19-37-31(40)30(29-25(35)15-11-16-26(29)36)39(21-28(43-4)44-5)32(41)22-12-7-6-8-13-22/h9-11,14-17,20,22,28,30H,6-8,12-13,18-19,21H2,1-5H3,(H,37,40). The summed E-state index contributed by atoms with van der Waals surface area (Å²) in [4.78, 5) is 42.0. The fraction of sp³-hybridized carbons (Fsp3) is 0.500. The molecule has 1 heterocycles. The van der Waals surface area contributed by atoms with Gasteiger partial charge in [0.15, 0.2) is 6.29 Å². The molecule has 244 valence electrons. The van der Waals surface area contributed by atoms with E-state index in [0.717, 1.165) is 42.3 Å². The van der Waals surface area contributed by atoms with Gasteiger partial charge in [-0.05, 0) is 63.8 Å². The lowest BCUT2D eigenvalue weighted by molar-refractivity contribution is -0.158. The van der Waals surface area contributed by atoms with Crippen molar-refractivity contribution in [3.63, 3.8) is 0 Å². The SMILES string of the molecule is COC(CN(C(=O)C1CCCCC1)C(C(=O)NCCc1cn(C(=O)OC(C)(C)C)c2ccccc12)c1c(F)cccc1F)OC. The average Bonchev–Trinajstić information content (AvgIpc) is 3.38. The normalized spacial score (nSPS) is 14.8. The maximum absolute atomic E-state index is 15.3. The molecule has 1 aliphatic rings. The number of hydrogen-bond acceptors (Lipinski definition) is 6. The van der Waals surface area contributed by atoms with Gasteiger partial charge in [0.25, 0.3) is 0 Å². The van der Waals surface area contributed by atoms with Crippen molar-refractivity contribution in [2.75, 3.05) is 27.3 Å². The molecule has 45 heavy (non-hydrogen) atoms. The second kappa shape index (κ2) is 15.0. The highest BCUT2D eigenvalue weighted by molar-refractivity contribution is 5.92. The highest BCUT2D eigenvalue weighted by Crippen LogP contribution is 2.33. The third kappa shape index (κ3) is 8.26. The first-order chi connectivity index (χ1) is 21.4. The van der Waals surface area contributed by atoms with E-state index in [1.807, 2.05) is 18.2 Å². The van der Waals surface area contributed by atoms with Crippen molar-refractivity contribution in [3.05, 3.63) is 71.4 Å². The second-order valence-electron chi connectivity index (χ2n) is 12.3. The molecule has 0 spiro atoms. The molecule has 1 atom stereocenters. The van der Waals surface area contributed by atoms with Crippen molar-refractivity contribution in [2.45, 2.75) is 77.2 Å². The zero-order valence-electron chi connectivity index (χ0n) is 26.6. The van der Waals surface area contributed by atoms with Crippen LogP contribution >= 0.6 is 0 Å². The molecular weight excluding hydrogens is 584 g/mol. The molecule has 0 bridgehead atoms. The van der Waals surface area contributed by atoms with Crippen LogP contribution in [0.3, 0.4) is 0 Å². The van der Waals surface area contributed by atoms with Crippen molar-refractivity contribution in [3.8, 4) is 0 Å². The maximum atomic E-state index is 15.3. The summed E-state index contributed by atoms with van der Waals surface area (Å²) in [5.74, 6) is -3.40. The topological polar surface area (TPSA) is 99.1 Å². The molecule has 11 heteroatoms. The molecule has 2 amide bonds. The molecule has 1 saturated carbocycles. The van der Waals surface area contributed by atoms with E-state index in [4.69, 9.17) is 14.2 Å². The second-order valence-corrected chi connectivity index (χ2v) is 12.3. The van der Waals surface area contributed by atoms with Gasteiger partial charge in [0.2, 0.25) is 11.8 Å². The van der Waals surface area contributed by atoms with Gasteiger partial charge in [0.05, 0.1) is 17.6 Å². The molecule has 0 radical (unpaired) electrons. The number of carbonyl (C=O) groups is 3. The lowest BCUT2D eigenvalue weighted by Gasteiger charge is -2.36. The van der Waals surface area contributed by atoms with E-state index in [0.29, 0.717) is 24.8 Å². The van der Waals surface area contributed by atoms with Gasteiger partial charge in [-0.1, -0.05) is 43.5 Å². The van der Waals surface area contributed by atoms with Crippen LogP contribution in [0.2, 0.25) is 0 Å². The minimum atomic E-state index is -1.61. The summed E-state index contributed by atoms with van der Waals surface area (Å²) in [5.41, 5.74) is 0.193. The van der Waals surface area contributed by atoms with Crippen LogP contribution in [0.1, 0.15) is 70.0 Å². The maximum Gasteiger partial charge on any atom is 0.419 e. The molecule has 1 aliphatic carbocycles. The molecule has 0 aliphatic heterocycles. The van der Waals surface area contributed by atoms with Gasteiger partial charge in [-0.2, -0.15) is 0 Å². The monoisotopic (exact) mass is 627 g/mol. The van der Waals surface area contributed by atoms with Crippen molar-refractivity contribution in [1.29, 1.82) is 0 Å². The van der Waals surface area contributed by atoms with Gasteiger partial charge in [0, 0.05) is 38.3 Å². The van der Waals surface area contributed by atoms with Gasteiger partial charge < -0.3 is 24.4 Å². The van der Waals surface area contributed by atoms with Crippen LogP contribution in [0.25, 0.3) is 10.9 Å². The van der Waals surface area contributed by atoms with E-state index in [-0.39, 0.29) is 19.0 Å². The summed E-state index contributed by atoms with van der Waals surface area (Å²) in [5, 5.41) is 3.60.